The Morgan fingerprint density at radius 2 is 1.88 bits per heavy atom. The van der Waals surface area contributed by atoms with E-state index in [0.29, 0.717) is 18.7 Å². The summed E-state index contributed by atoms with van der Waals surface area (Å²) in [6.07, 6.45) is 0. The molecule has 1 aliphatic rings. The number of para-hydroxylation sites is 1. The molecule has 1 aliphatic heterocycles. The summed E-state index contributed by atoms with van der Waals surface area (Å²) in [5.41, 5.74) is 5.08. The monoisotopic (exact) mass is 333 g/mol. The number of carbonyl (C=O) groups is 1. The van der Waals surface area contributed by atoms with Crippen molar-refractivity contribution in [3.8, 4) is 5.75 Å². The van der Waals surface area contributed by atoms with Crippen molar-refractivity contribution < 1.29 is 9.53 Å². The van der Waals surface area contributed by atoms with E-state index in [1.807, 2.05) is 38.1 Å². The first-order chi connectivity index (χ1) is 12.1. The molecule has 0 bridgehead atoms. The molecule has 0 radical (unpaired) electrons. The van der Waals surface area contributed by atoms with E-state index in [1.54, 1.807) is 12.1 Å². The molecule has 1 N–H and O–H groups in total. The van der Waals surface area contributed by atoms with Gasteiger partial charge in [-0.25, -0.2) is 9.97 Å². The van der Waals surface area contributed by atoms with Crippen LogP contribution in [-0.2, 0) is 0 Å². The van der Waals surface area contributed by atoms with Crippen LogP contribution in [0.1, 0.15) is 33.2 Å². The summed E-state index contributed by atoms with van der Waals surface area (Å²) in [6, 6.07) is 13.4. The van der Waals surface area contributed by atoms with Crippen LogP contribution < -0.4 is 10.1 Å². The van der Waals surface area contributed by atoms with E-state index in [0.717, 1.165) is 33.7 Å². The first-order valence-electron chi connectivity index (χ1n) is 8.37. The largest absolute Gasteiger partial charge is 0.493 e. The lowest BCUT2D eigenvalue weighted by Gasteiger charge is -2.11. The Labute approximate surface area is 146 Å². The third-order valence-corrected chi connectivity index (χ3v) is 4.65. The topological polar surface area (TPSA) is 64.1 Å². The smallest absolute Gasteiger partial charge is 0.251 e. The van der Waals surface area contributed by atoms with Gasteiger partial charge in [-0.2, -0.15) is 0 Å². The van der Waals surface area contributed by atoms with E-state index < -0.39 is 0 Å². The van der Waals surface area contributed by atoms with Crippen molar-refractivity contribution in [1.29, 1.82) is 0 Å². The summed E-state index contributed by atoms with van der Waals surface area (Å²) in [4.78, 5) is 21.5. The molecule has 1 amide bonds. The normalized spacial score (nSPS) is 15.7. The second-order valence-electron chi connectivity index (χ2n) is 6.35. The number of benzene rings is 2. The average molecular weight is 333 g/mol. The summed E-state index contributed by atoms with van der Waals surface area (Å²) in [5.74, 6) is 0.991. The first kappa shape index (κ1) is 15.6. The lowest BCUT2D eigenvalue weighted by Crippen LogP contribution is -2.29. The fourth-order valence-corrected chi connectivity index (χ4v) is 3.09. The minimum absolute atomic E-state index is 0.105. The van der Waals surface area contributed by atoms with Gasteiger partial charge in [-0.05, 0) is 38.1 Å². The molecule has 25 heavy (non-hydrogen) atoms. The van der Waals surface area contributed by atoms with Gasteiger partial charge in [0.2, 0.25) is 0 Å². The Kier molecular flexibility index (Phi) is 3.84. The van der Waals surface area contributed by atoms with Crippen molar-refractivity contribution in [2.75, 3.05) is 13.2 Å². The van der Waals surface area contributed by atoms with E-state index >= 15 is 0 Å². The minimum Gasteiger partial charge on any atom is -0.493 e. The van der Waals surface area contributed by atoms with Gasteiger partial charge in [-0.3, -0.25) is 4.79 Å². The van der Waals surface area contributed by atoms with Gasteiger partial charge in [-0.15, -0.1) is 0 Å². The fourth-order valence-electron chi connectivity index (χ4n) is 3.09. The van der Waals surface area contributed by atoms with Crippen LogP contribution in [0.5, 0.6) is 5.75 Å². The van der Waals surface area contributed by atoms with Crippen LogP contribution >= 0.6 is 0 Å². The van der Waals surface area contributed by atoms with Crippen LogP contribution in [0.4, 0.5) is 0 Å². The summed E-state index contributed by atoms with van der Waals surface area (Å²) in [6.45, 7) is 5.00. The molecule has 3 aromatic rings. The molecule has 0 spiro atoms. The molecule has 2 aromatic carbocycles. The molecule has 0 aliphatic carbocycles. The number of ether oxygens (including phenoxy) is 1. The molecule has 5 nitrogen and oxygen atoms in total. The van der Waals surface area contributed by atoms with Crippen LogP contribution in [-0.4, -0.2) is 29.0 Å². The van der Waals surface area contributed by atoms with Gasteiger partial charge in [0.1, 0.15) is 5.75 Å². The van der Waals surface area contributed by atoms with Gasteiger partial charge in [0.05, 0.1) is 29.0 Å². The molecule has 0 saturated carbocycles. The van der Waals surface area contributed by atoms with Crippen molar-refractivity contribution in [1.82, 2.24) is 15.3 Å². The van der Waals surface area contributed by atoms with Crippen molar-refractivity contribution in [3.05, 3.63) is 65.0 Å². The maximum Gasteiger partial charge on any atom is 0.251 e. The fraction of sp³-hybridized carbons (Fsp3) is 0.250. The van der Waals surface area contributed by atoms with E-state index in [4.69, 9.17) is 4.74 Å². The Morgan fingerprint density at radius 3 is 2.72 bits per heavy atom. The van der Waals surface area contributed by atoms with E-state index in [2.05, 4.69) is 21.4 Å². The highest BCUT2D eigenvalue weighted by Gasteiger charge is 2.24. The maximum absolute atomic E-state index is 12.5. The maximum atomic E-state index is 12.5. The Balaban J connectivity index is 1.50. The number of aryl methyl sites for hydroxylation is 2. The van der Waals surface area contributed by atoms with Gasteiger partial charge < -0.3 is 10.1 Å². The minimum atomic E-state index is -0.105. The SMILES string of the molecule is Cc1nc2ccc(C(=O)NCC3COc4ccccc43)cc2nc1C. The number of carbonyl (C=O) groups excluding carboxylic acids is 1. The Morgan fingerprint density at radius 1 is 1.12 bits per heavy atom. The summed E-state index contributed by atoms with van der Waals surface area (Å²) in [5, 5.41) is 3.01. The third-order valence-electron chi connectivity index (χ3n) is 4.65. The quantitative estimate of drug-likeness (QED) is 0.800. The molecular weight excluding hydrogens is 314 g/mol. The number of nitrogens with one attached hydrogen (secondary N) is 1. The predicted octanol–water partition coefficient (Wildman–Crippen LogP) is 3.15. The molecule has 126 valence electrons. The molecule has 0 saturated heterocycles. The second kappa shape index (κ2) is 6.16. The van der Waals surface area contributed by atoms with Crippen molar-refractivity contribution >= 4 is 16.9 Å². The standard InChI is InChI=1S/C20H19N3O2/c1-12-13(2)23-18-9-14(7-8-17(18)22-12)20(24)21-10-15-11-25-19-6-4-3-5-16(15)19/h3-9,15H,10-11H2,1-2H3,(H,21,24). The highest BCUT2D eigenvalue weighted by Crippen LogP contribution is 2.32. The number of aromatic nitrogens is 2. The number of hydrogen-bond donors (Lipinski definition) is 1. The highest BCUT2D eigenvalue weighted by molar-refractivity contribution is 5.97. The second-order valence-corrected chi connectivity index (χ2v) is 6.35. The van der Waals surface area contributed by atoms with Crippen molar-refractivity contribution in [3.63, 3.8) is 0 Å². The zero-order valence-electron chi connectivity index (χ0n) is 14.2. The van der Waals surface area contributed by atoms with Crippen LogP contribution in [0.15, 0.2) is 42.5 Å². The zero-order valence-corrected chi connectivity index (χ0v) is 14.2. The Hall–Kier alpha value is -2.95. The van der Waals surface area contributed by atoms with Crippen molar-refractivity contribution in [2.24, 2.45) is 0 Å². The Bertz CT molecular complexity index is 968. The highest BCUT2D eigenvalue weighted by atomic mass is 16.5. The lowest BCUT2D eigenvalue weighted by atomic mass is 10.0. The number of rotatable bonds is 3. The van der Waals surface area contributed by atoms with Gasteiger partial charge >= 0.3 is 0 Å². The summed E-state index contributed by atoms with van der Waals surface area (Å²) in [7, 11) is 0. The third kappa shape index (κ3) is 2.93. The summed E-state index contributed by atoms with van der Waals surface area (Å²) >= 11 is 0. The van der Waals surface area contributed by atoms with Crippen LogP contribution in [0.3, 0.4) is 0 Å². The van der Waals surface area contributed by atoms with E-state index in [9.17, 15) is 4.79 Å². The molecule has 4 rings (SSSR count). The molecule has 1 unspecified atom stereocenters. The molecule has 1 atom stereocenters. The number of nitrogens with zero attached hydrogens (tertiary/aromatic N) is 2. The molecule has 2 heterocycles. The molecular formula is C20H19N3O2. The molecule has 5 heteroatoms. The number of amides is 1. The summed E-state index contributed by atoms with van der Waals surface area (Å²) < 4.78 is 5.66. The predicted molar refractivity (Wildman–Crippen MR) is 96.0 cm³/mol. The molecule has 1 aromatic heterocycles. The van der Waals surface area contributed by atoms with E-state index in [1.165, 1.54) is 0 Å². The lowest BCUT2D eigenvalue weighted by molar-refractivity contribution is 0.0950. The van der Waals surface area contributed by atoms with Crippen LogP contribution in [0.2, 0.25) is 0 Å². The number of fused-ring (bicyclic) bond motifs is 2. The molecule has 0 fully saturated rings. The van der Waals surface area contributed by atoms with Gasteiger partial charge in [0, 0.05) is 23.6 Å². The average Bonchev–Trinajstić information content (AvgIpc) is 3.03. The van der Waals surface area contributed by atoms with Crippen molar-refractivity contribution in [2.45, 2.75) is 19.8 Å². The first-order valence-corrected chi connectivity index (χ1v) is 8.37. The zero-order chi connectivity index (χ0) is 17.4. The van der Waals surface area contributed by atoms with Gasteiger partial charge in [0.25, 0.3) is 5.91 Å². The van der Waals surface area contributed by atoms with Gasteiger partial charge in [0.15, 0.2) is 0 Å². The number of hydrogen-bond acceptors (Lipinski definition) is 4. The van der Waals surface area contributed by atoms with E-state index in [-0.39, 0.29) is 11.8 Å². The van der Waals surface area contributed by atoms with Crippen LogP contribution in [0.25, 0.3) is 11.0 Å². The van der Waals surface area contributed by atoms with Gasteiger partial charge in [-0.1, -0.05) is 18.2 Å². The van der Waals surface area contributed by atoms with Crippen LogP contribution in [0, 0.1) is 13.8 Å².